The molecule has 0 aromatic carbocycles. The van der Waals surface area contributed by atoms with E-state index >= 15 is 0 Å². The van der Waals surface area contributed by atoms with Gasteiger partial charge in [-0.2, -0.15) is 0 Å². The van der Waals surface area contributed by atoms with Gasteiger partial charge in [0.15, 0.2) is 0 Å². The molecule has 1 heterocycles. The molecule has 0 aliphatic heterocycles. The fourth-order valence-electron chi connectivity index (χ4n) is 2.43. The standard InChI is InChI=1S/C17H29NO/c1-3-4-5-6-7-8-9-10-13-17(2,19)16-12-11-14-18-15-16/h11-12,14-15,19H,3-10,13H2,1-2H3. The first-order chi connectivity index (χ1) is 9.17. The van der Waals surface area contributed by atoms with Crippen LogP contribution in [-0.4, -0.2) is 10.1 Å². The Morgan fingerprint density at radius 1 is 1.05 bits per heavy atom. The van der Waals surface area contributed by atoms with Crippen LogP contribution in [0.3, 0.4) is 0 Å². The number of aromatic nitrogens is 1. The van der Waals surface area contributed by atoms with Gasteiger partial charge in [-0.15, -0.1) is 0 Å². The number of pyridine rings is 1. The third-order valence-corrected chi connectivity index (χ3v) is 3.80. The lowest BCUT2D eigenvalue weighted by Gasteiger charge is -2.23. The van der Waals surface area contributed by atoms with Gasteiger partial charge in [0.25, 0.3) is 0 Å². The smallest absolute Gasteiger partial charge is 0.0883 e. The van der Waals surface area contributed by atoms with Crippen molar-refractivity contribution in [3.63, 3.8) is 0 Å². The van der Waals surface area contributed by atoms with E-state index in [1.165, 1.54) is 44.9 Å². The Kier molecular flexibility index (Phi) is 7.73. The molecule has 0 bridgehead atoms. The van der Waals surface area contributed by atoms with Crippen molar-refractivity contribution in [3.8, 4) is 0 Å². The third kappa shape index (κ3) is 6.72. The summed E-state index contributed by atoms with van der Waals surface area (Å²) in [6, 6.07) is 3.84. The van der Waals surface area contributed by atoms with Gasteiger partial charge in [-0.1, -0.05) is 64.4 Å². The summed E-state index contributed by atoms with van der Waals surface area (Å²) in [4.78, 5) is 4.08. The van der Waals surface area contributed by atoms with Gasteiger partial charge in [0.2, 0.25) is 0 Å². The maximum absolute atomic E-state index is 10.4. The summed E-state index contributed by atoms with van der Waals surface area (Å²) in [7, 11) is 0. The molecule has 0 aliphatic carbocycles. The summed E-state index contributed by atoms with van der Waals surface area (Å²) in [5, 5.41) is 10.4. The Hall–Kier alpha value is -0.890. The van der Waals surface area contributed by atoms with E-state index in [4.69, 9.17) is 0 Å². The molecule has 2 nitrogen and oxygen atoms in total. The summed E-state index contributed by atoms with van der Waals surface area (Å²) in [6.45, 7) is 4.14. The number of hydrogen-bond donors (Lipinski definition) is 1. The van der Waals surface area contributed by atoms with Crippen molar-refractivity contribution in [3.05, 3.63) is 30.1 Å². The number of unbranched alkanes of at least 4 members (excludes halogenated alkanes) is 7. The van der Waals surface area contributed by atoms with Crippen LogP contribution in [0.15, 0.2) is 24.5 Å². The first kappa shape index (κ1) is 16.2. The first-order valence-electron chi connectivity index (χ1n) is 7.79. The second kappa shape index (κ2) is 9.08. The molecule has 19 heavy (non-hydrogen) atoms. The molecule has 1 aromatic heterocycles. The molecule has 0 aliphatic rings. The zero-order chi connectivity index (χ0) is 14.0. The van der Waals surface area contributed by atoms with Gasteiger partial charge in [-0.25, -0.2) is 0 Å². The van der Waals surface area contributed by atoms with Crippen LogP contribution in [0.25, 0.3) is 0 Å². The van der Waals surface area contributed by atoms with E-state index in [2.05, 4.69) is 11.9 Å². The number of rotatable bonds is 10. The third-order valence-electron chi connectivity index (χ3n) is 3.80. The minimum atomic E-state index is -0.726. The van der Waals surface area contributed by atoms with Gasteiger partial charge in [0, 0.05) is 18.0 Å². The maximum atomic E-state index is 10.4. The van der Waals surface area contributed by atoms with E-state index in [0.29, 0.717) is 0 Å². The largest absolute Gasteiger partial charge is 0.385 e. The summed E-state index contributed by atoms with van der Waals surface area (Å²) in [5.74, 6) is 0. The molecule has 1 aromatic rings. The highest BCUT2D eigenvalue weighted by Gasteiger charge is 2.22. The first-order valence-corrected chi connectivity index (χ1v) is 7.79. The van der Waals surface area contributed by atoms with Crippen molar-refractivity contribution in [2.24, 2.45) is 0 Å². The summed E-state index contributed by atoms with van der Waals surface area (Å²) < 4.78 is 0. The van der Waals surface area contributed by atoms with Gasteiger partial charge in [0.1, 0.15) is 0 Å². The zero-order valence-electron chi connectivity index (χ0n) is 12.6. The average molecular weight is 263 g/mol. The van der Waals surface area contributed by atoms with E-state index in [1.54, 1.807) is 12.4 Å². The Morgan fingerprint density at radius 2 is 1.68 bits per heavy atom. The molecular weight excluding hydrogens is 234 g/mol. The zero-order valence-corrected chi connectivity index (χ0v) is 12.6. The second-order valence-electron chi connectivity index (χ2n) is 5.74. The molecule has 0 saturated heterocycles. The lowest BCUT2D eigenvalue weighted by atomic mass is 9.91. The fraction of sp³-hybridized carbons (Fsp3) is 0.706. The average Bonchev–Trinajstić information content (AvgIpc) is 2.43. The van der Waals surface area contributed by atoms with Gasteiger partial charge in [-0.3, -0.25) is 4.98 Å². The quantitative estimate of drug-likeness (QED) is 0.614. The minimum absolute atomic E-state index is 0.726. The van der Waals surface area contributed by atoms with Crippen LogP contribution in [0.4, 0.5) is 0 Å². The molecular formula is C17H29NO. The van der Waals surface area contributed by atoms with Gasteiger partial charge >= 0.3 is 0 Å². The second-order valence-corrected chi connectivity index (χ2v) is 5.74. The predicted molar refractivity (Wildman–Crippen MR) is 81.0 cm³/mol. The van der Waals surface area contributed by atoms with Crippen molar-refractivity contribution in [1.82, 2.24) is 4.98 Å². The van der Waals surface area contributed by atoms with Crippen LogP contribution in [0.1, 0.15) is 77.2 Å². The van der Waals surface area contributed by atoms with Crippen LogP contribution in [0.5, 0.6) is 0 Å². The summed E-state index contributed by atoms with van der Waals surface area (Å²) >= 11 is 0. The van der Waals surface area contributed by atoms with Crippen molar-refractivity contribution in [1.29, 1.82) is 0 Å². The van der Waals surface area contributed by atoms with E-state index in [1.807, 2.05) is 19.1 Å². The molecule has 0 fully saturated rings. The SMILES string of the molecule is CCCCCCCCCCC(C)(O)c1cccnc1. The molecule has 1 N–H and O–H groups in total. The van der Waals surface area contributed by atoms with Crippen molar-refractivity contribution >= 4 is 0 Å². The van der Waals surface area contributed by atoms with Crippen LogP contribution in [0.2, 0.25) is 0 Å². The maximum Gasteiger partial charge on any atom is 0.0883 e. The van der Waals surface area contributed by atoms with E-state index in [0.717, 1.165) is 18.4 Å². The number of nitrogens with zero attached hydrogens (tertiary/aromatic N) is 1. The molecule has 0 spiro atoms. The Balaban J connectivity index is 2.12. The molecule has 1 rings (SSSR count). The van der Waals surface area contributed by atoms with Gasteiger partial charge < -0.3 is 5.11 Å². The van der Waals surface area contributed by atoms with Gasteiger partial charge in [-0.05, 0) is 19.4 Å². The number of hydrogen-bond acceptors (Lipinski definition) is 2. The molecule has 2 heteroatoms. The predicted octanol–water partition coefficient (Wildman–Crippen LogP) is 4.82. The van der Waals surface area contributed by atoms with Crippen LogP contribution < -0.4 is 0 Å². The molecule has 0 saturated carbocycles. The molecule has 1 atom stereocenters. The molecule has 0 radical (unpaired) electrons. The molecule has 0 amide bonds. The Bertz CT molecular complexity index is 321. The fourth-order valence-corrected chi connectivity index (χ4v) is 2.43. The lowest BCUT2D eigenvalue weighted by Crippen LogP contribution is -2.21. The highest BCUT2D eigenvalue weighted by molar-refractivity contribution is 5.16. The summed E-state index contributed by atoms with van der Waals surface area (Å²) in [5.41, 5.74) is 0.203. The minimum Gasteiger partial charge on any atom is -0.385 e. The van der Waals surface area contributed by atoms with Crippen molar-refractivity contribution in [2.45, 2.75) is 77.2 Å². The highest BCUT2D eigenvalue weighted by Crippen LogP contribution is 2.26. The Labute approximate surface area is 118 Å². The van der Waals surface area contributed by atoms with Crippen molar-refractivity contribution < 1.29 is 5.11 Å². The van der Waals surface area contributed by atoms with E-state index in [9.17, 15) is 5.11 Å². The van der Waals surface area contributed by atoms with Crippen LogP contribution >= 0.6 is 0 Å². The Morgan fingerprint density at radius 3 is 2.26 bits per heavy atom. The van der Waals surface area contributed by atoms with Crippen LogP contribution in [0, 0.1) is 0 Å². The van der Waals surface area contributed by atoms with E-state index in [-0.39, 0.29) is 0 Å². The topological polar surface area (TPSA) is 33.1 Å². The van der Waals surface area contributed by atoms with Crippen molar-refractivity contribution in [2.75, 3.05) is 0 Å². The number of aliphatic hydroxyl groups is 1. The summed E-state index contributed by atoms with van der Waals surface area (Å²) in [6.07, 6.45) is 14.7. The monoisotopic (exact) mass is 263 g/mol. The normalized spacial score (nSPS) is 14.3. The lowest BCUT2D eigenvalue weighted by molar-refractivity contribution is 0.0445. The van der Waals surface area contributed by atoms with Crippen LogP contribution in [-0.2, 0) is 5.60 Å². The highest BCUT2D eigenvalue weighted by atomic mass is 16.3. The molecule has 1 unspecified atom stereocenters. The van der Waals surface area contributed by atoms with Gasteiger partial charge in [0.05, 0.1) is 5.60 Å². The molecule has 108 valence electrons. The van der Waals surface area contributed by atoms with E-state index < -0.39 is 5.60 Å².